The Morgan fingerprint density at radius 1 is 1.26 bits per heavy atom. The predicted molar refractivity (Wildman–Crippen MR) is 93.1 cm³/mol. The zero-order valence-electron chi connectivity index (χ0n) is 13.9. The van der Waals surface area contributed by atoms with Crippen LogP contribution in [-0.2, 0) is 4.79 Å². The first-order valence-corrected chi connectivity index (χ1v) is 8.53. The van der Waals surface area contributed by atoms with Gasteiger partial charge in [-0.3, -0.25) is 9.59 Å². The first-order chi connectivity index (χ1) is 11.2. The summed E-state index contributed by atoms with van der Waals surface area (Å²) < 4.78 is 0. The third-order valence-corrected chi connectivity index (χ3v) is 4.02. The number of nitrogens with one attached hydrogen (secondary N) is 1. The van der Waals surface area contributed by atoms with Gasteiger partial charge in [-0.25, -0.2) is 0 Å². The average Bonchev–Trinajstić information content (AvgIpc) is 3.09. The van der Waals surface area contributed by atoms with E-state index < -0.39 is 0 Å². The van der Waals surface area contributed by atoms with E-state index in [0.717, 1.165) is 44.3 Å². The number of likely N-dealkylation sites (tertiary alicyclic amines) is 1. The maximum absolute atomic E-state index is 11.9. The fourth-order valence-electron chi connectivity index (χ4n) is 2.76. The van der Waals surface area contributed by atoms with Gasteiger partial charge in [0.1, 0.15) is 0 Å². The number of benzene rings is 1. The van der Waals surface area contributed by atoms with Gasteiger partial charge in [0.25, 0.3) is 5.91 Å². The summed E-state index contributed by atoms with van der Waals surface area (Å²) in [5, 5.41) is 2.80. The summed E-state index contributed by atoms with van der Waals surface area (Å²) in [5.74, 6) is 0.244. The molecule has 124 valence electrons. The van der Waals surface area contributed by atoms with Gasteiger partial charge in [0, 0.05) is 31.6 Å². The molecule has 4 nitrogen and oxygen atoms in total. The van der Waals surface area contributed by atoms with Gasteiger partial charge in [-0.05, 0) is 50.3 Å². The standard InChI is InChI=1S/C19H26N2O2/c1-2-20-19(23)17-11-8-10-16(15-17)9-4-3-5-12-18(22)21-13-6-7-14-21/h4,8-11,15H,2-3,5-7,12-14H2,1H3,(H,20,23)/b9-4-. The highest BCUT2D eigenvalue weighted by molar-refractivity contribution is 5.94. The molecular formula is C19H26N2O2. The lowest BCUT2D eigenvalue weighted by molar-refractivity contribution is -0.130. The summed E-state index contributed by atoms with van der Waals surface area (Å²) in [6.07, 6.45) is 8.77. The first kappa shape index (κ1) is 17.3. The average molecular weight is 314 g/mol. The molecule has 4 heteroatoms. The molecule has 0 spiro atoms. The summed E-state index contributed by atoms with van der Waals surface area (Å²) in [5.41, 5.74) is 1.69. The number of amides is 2. The van der Waals surface area contributed by atoms with E-state index in [-0.39, 0.29) is 11.8 Å². The third kappa shape index (κ3) is 5.55. The van der Waals surface area contributed by atoms with Crippen LogP contribution in [0.4, 0.5) is 0 Å². The lowest BCUT2D eigenvalue weighted by Crippen LogP contribution is -2.27. The fraction of sp³-hybridized carbons (Fsp3) is 0.474. The molecule has 0 radical (unpaired) electrons. The van der Waals surface area contributed by atoms with Gasteiger partial charge in [0.2, 0.25) is 5.91 Å². The van der Waals surface area contributed by atoms with Crippen molar-refractivity contribution in [3.05, 3.63) is 41.5 Å². The molecule has 23 heavy (non-hydrogen) atoms. The second kappa shape index (κ2) is 9.13. The normalized spacial score (nSPS) is 14.4. The van der Waals surface area contributed by atoms with Crippen molar-refractivity contribution >= 4 is 17.9 Å². The quantitative estimate of drug-likeness (QED) is 0.786. The molecule has 1 aliphatic heterocycles. The molecule has 0 aliphatic carbocycles. The van der Waals surface area contributed by atoms with Crippen molar-refractivity contribution in [3.63, 3.8) is 0 Å². The molecule has 0 aromatic heterocycles. The van der Waals surface area contributed by atoms with E-state index >= 15 is 0 Å². The molecule has 0 saturated carbocycles. The minimum Gasteiger partial charge on any atom is -0.352 e. The summed E-state index contributed by atoms with van der Waals surface area (Å²) >= 11 is 0. The Morgan fingerprint density at radius 2 is 2.04 bits per heavy atom. The van der Waals surface area contributed by atoms with Gasteiger partial charge in [0.15, 0.2) is 0 Å². The van der Waals surface area contributed by atoms with Crippen LogP contribution in [0.5, 0.6) is 0 Å². The molecule has 0 unspecified atom stereocenters. The molecule has 0 atom stereocenters. The molecule has 2 rings (SSSR count). The van der Waals surface area contributed by atoms with Crippen molar-refractivity contribution in [2.45, 2.75) is 39.0 Å². The van der Waals surface area contributed by atoms with Crippen molar-refractivity contribution in [2.75, 3.05) is 19.6 Å². The number of unbranched alkanes of at least 4 members (excludes halogenated alkanes) is 1. The van der Waals surface area contributed by atoms with Crippen LogP contribution in [0.3, 0.4) is 0 Å². The van der Waals surface area contributed by atoms with Crippen LogP contribution in [0.25, 0.3) is 6.08 Å². The van der Waals surface area contributed by atoms with E-state index in [2.05, 4.69) is 11.4 Å². The van der Waals surface area contributed by atoms with Crippen LogP contribution in [0.15, 0.2) is 30.3 Å². The molecule has 1 aromatic carbocycles. The second-order valence-electron chi connectivity index (χ2n) is 5.87. The maximum atomic E-state index is 11.9. The summed E-state index contributed by atoms with van der Waals surface area (Å²) in [6.45, 7) is 4.40. The molecular weight excluding hydrogens is 288 g/mol. The van der Waals surface area contributed by atoms with Crippen LogP contribution < -0.4 is 5.32 Å². The third-order valence-electron chi connectivity index (χ3n) is 4.02. The van der Waals surface area contributed by atoms with Crippen LogP contribution in [-0.4, -0.2) is 36.3 Å². The number of carbonyl (C=O) groups is 2. The van der Waals surface area contributed by atoms with E-state index in [4.69, 9.17) is 0 Å². The van der Waals surface area contributed by atoms with Crippen molar-refractivity contribution < 1.29 is 9.59 Å². The number of nitrogens with zero attached hydrogens (tertiary/aromatic N) is 1. The van der Waals surface area contributed by atoms with Gasteiger partial charge in [-0.2, -0.15) is 0 Å². The SMILES string of the molecule is CCNC(=O)c1cccc(/C=C\CCCC(=O)N2CCCC2)c1. The Bertz CT molecular complexity index is 560. The number of carbonyl (C=O) groups excluding carboxylic acids is 2. The van der Waals surface area contributed by atoms with Crippen LogP contribution in [0.1, 0.15) is 54.9 Å². The Kier molecular flexibility index (Phi) is 6.85. The Balaban J connectivity index is 1.75. The summed E-state index contributed by atoms with van der Waals surface area (Å²) in [6, 6.07) is 7.57. The van der Waals surface area contributed by atoms with Gasteiger partial charge in [-0.15, -0.1) is 0 Å². The highest BCUT2D eigenvalue weighted by atomic mass is 16.2. The zero-order valence-corrected chi connectivity index (χ0v) is 13.9. The van der Waals surface area contributed by atoms with Crippen LogP contribution in [0.2, 0.25) is 0 Å². The fourth-order valence-corrected chi connectivity index (χ4v) is 2.76. The van der Waals surface area contributed by atoms with E-state index in [0.29, 0.717) is 18.5 Å². The largest absolute Gasteiger partial charge is 0.352 e. The minimum atomic E-state index is -0.0426. The van der Waals surface area contributed by atoms with Crippen LogP contribution >= 0.6 is 0 Å². The maximum Gasteiger partial charge on any atom is 0.251 e. The van der Waals surface area contributed by atoms with Crippen molar-refractivity contribution in [2.24, 2.45) is 0 Å². The monoisotopic (exact) mass is 314 g/mol. The van der Waals surface area contributed by atoms with Gasteiger partial charge < -0.3 is 10.2 Å². The van der Waals surface area contributed by atoms with E-state index in [1.807, 2.05) is 42.2 Å². The molecule has 0 bridgehead atoms. The Labute approximate surface area is 138 Å². The van der Waals surface area contributed by atoms with Gasteiger partial charge in [0.05, 0.1) is 0 Å². The molecule has 1 aliphatic rings. The van der Waals surface area contributed by atoms with E-state index in [1.165, 1.54) is 0 Å². The van der Waals surface area contributed by atoms with Crippen molar-refractivity contribution in [1.29, 1.82) is 0 Å². The molecule has 1 saturated heterocycles. The summed E-state index contributed by atoms with van der Waals surface area (Å²) in [4.78, 5) is 25.7. The molecule has 1 fully saturated rings. The van der Waals surface area contributed by atoms with Crippen molar-refractivity contribution in [3.8, 4) is 0 Å². The number of hydrogen-bond donors (Lipinski definition) is 1. The first-order valence-electron chi connectivity index (χ1n) is 8.53. The van der Waals surface area contributed by atoms with E-state index in [9.17, 15) is 9.59 Å². The second-order valence-corrected chi connectivity index (χ2v) is 5.87. The van der Waals surface area contributed by atoms with Gasteiger partial charge >= 0.3 is 0 Å². The number of hydrogen-bond acceptors (Lipinski definition) is 2. The van der Waals surface area contributed by atoms with Crippen LogP contribution in [0, 0.1) is 0 Å². The molecule has 2 amide bonds. The van der Waals surface area contributed by atoms with E-state index in [1.54, 1.807) is 0 Å². The predicted octanol–water partition coefficient (Wildman–Crippen LogP) is 3.24. The van der Waals surface area contributed by atoms with Crippen molar-refractivity contribution in [1.82, 2.24) is 10.2 Å². The number of rotatable bonds is 7. The minimum absolute atomic E-state index is 0.0426. The lowest BCUT2D eigenvalue weighted by atomic mass is 10.1. The Hall–Kier alpha value is -2.10. The Morgan fingerprint density at radius 3 is 2.78 bits per heavy atom. The smallest absolute Gasteiger partial charge is 0.251 e. The molecule has 1 heterocycles. The zero-order chi connectivity index (χ0) is 16.5. The lowest BCUT2D eigenvalue weighted by Gasteiger charge is -2.14. The summed E-state index contributed by atoms with van der Waals surface area (Å²) in [7, 11) is 0. The highest BCUT2D eigenvalue weighted by Gasteiger charge is 2.16. The molecule has 1 aromatic rings. The van der Waals surface area contributed by atoms with Gasteiger partial charge in [-0.1, -0.05) is 24.3 Å². The topological polar surface area (TPSA) is 49.4 Å². The highest BCUT2D eigenvalue weighted by Crippen LogP contribution is 2.12. The molecule has 1 N–H and O–H groups in total. The number of allylic oxidation sites excluding steroid dienone is 1.